The van der Waals surface area contributed by atoms with Crippen LogP contribution in [-0.2, 0) is 41.7 Å². The number of ether oxygens (including phenoxy) is 4. The van der Waals surface area contributed by atoms with Gasteiger partial charge in [0.25, 0.3) is 0 Å². The fraction of sp³-hybridized carbons (Fsp3) is 0.700. The fourth-order valence-electron chi connectivity index (χ4n) is 3.40. The minimum Gasteiger partial charge on any atom is -0.368 e. The summed E-state index contributed by atoms with van der Waals surface area (Å²) < 4.78 is 23.0. The Labute approximate surface area is 176 Å². The molecule has 2 fully saturated rings. The van der Waals surface area contributed by atoms with Crippen LogP contribution in [0.2, 0.25) is 5.02 Å². The van der Waals surface area contributed by atoms with E-state index in [1.807, 2.05) is 13.8 Å². The van der Waals surface area contributed by atoms with Crippen LogP contribution < -0.4 is 0 Å². The zero-order valence-corrected chi connectivity index (χ0v) is 17.9. The standard InChI is InChI=1S/C20H29ClN2O6/c1-14(24)29-23(11-16-12-27-20(2,3)28-16)10-15-8-22-9-18(21)17(15)13-26-19-6-4-5-7-25-19/h8-9,16,19H,4-7,10-13H2,1-3H3. The molecule has 3 heterocycles. The van der Waals surface area contributed by atoms with Crippen molar-refractivity contribution in [2.75, 3.05) is 19.8 Å². The summed E-state index contributed by atoms with van der Waals surface area (Å²) in [6, 6.07) is 0. The maximum atomic E-state index is 11.6. The van der Waals surface area contributed by atoms with Crippen molar-refractivity contribution in [1.29, 1.82) is 0 Å². The second-order valence-corrected chi connectivity index (χ2v) is 8.13. The van der Waals surface area contributed by atoms with Gasteiger partial charge in [0.2, 0.25) is 0 Å². The lowest BCUT2D eigenvalue weighted by Gasteiger charge is -2.26. The van der Waals surface area contributed by atoms with E-state index in [-0.39, 0.29) is 12.4 Å². The molecule has 2 unspecified atom stereocenters. The summed E-state index contributed by atoms with van der Waals surface area (Å²) in [5.74, 6) is -1.06. The molecule has 162 valence electrons. The first kappa shape index (κ1) is 22.4. The van der Waals surface area contributed by atoms with Crippen molar-refractivity contribution in [3.8, 4) is 0 Å². The molecule has 2 atom stereocenters. The van der Waals surface area contributed by atoms with Gasteiger partial charge in [0.1, 0.15) is 6.10 Å². The topological polar surface area (TPSA) is 79.4 Å². The summed E-state index contributed by atoms with van der Waals surface area (Å²) in [7, 11) is 0. The number of halogens is 1. The van der Waals surface area contributed by atoms with Crippen molar-refractivity contribution in [1.82, 2.24) is 10.0 Å². The Morgan fingerprint density at radius 1 is 1.38 bits per heavy atom. The highest BCUT2D eigenvalue weighted by atomic mass is 35.5. The van der Waals surface area contributed by atoms with Gasteiger partial charge in [0, 0.05) is 31.5 Å². The van der Waals surface area contributed by atoms with E-state index in [0.29, 0.717) is 37.9 Å². The van der Waals surface area contributed by atoms with Crippen LogP contribution >= 0.6 is 11.6 Å². The van der Waals surface area contributed by atoms with E-state index in [4.69, 9.17) is 35.4 Å². The minimum atomic E-state index is -0.650. The number of hydrogen-bond acceptors (Lipinski definition) is 8. The van der Waals surface area contributed by atoms with Crippen molar-refractivity contribution in [2.24, 2.45) is 0 Å². The van der Waals surface area contributed by atoms with Gasteiger partial charge in [0.15, 0.2) is 12.1 Å². The van der Waals surface area contributed by atoms with Gasteiger partial charge in [-0.05, 0) is 38.7 Å². The third kappa shape index (κ3) is 6.87. The van der Waals surface area contributed by atoms with Gasteiger partial charge in [-0.3, -0.25) is 9.78 Å². The molecule has 0 N–H and O–H groups in total. The van der Waals surface area contributed by atoms with Gasteiger partial charge in [-0.25, -0.2) is 0 Å². The number of hydroxylamine groups is 2. The summed E-state index contributed by atoms with van der Waals surface area (Å²) >= 11 is 6.39. The zero-order chi connectivity index (χ0) is 20.9. The summed E-state index contributed by atoms with van der Waals surface area (Å²) in [5.41, 5.74) is 1.62. The lowest BCUT2D eigenvalue weighted by atomic mass is 10.1. The SMILES string of the molecule is CC(=O)ON(Cc1cncc(Cl)c1COC1CCCCO1)CC1COC(C)(C)O1. The van der Waals surface area contributed by atoms with E-state index in [1.54, 1.807) is 17.5 Å². The van der Waals surface area contributed by atoms with Gasteiger partial charge in [-0.15, -0.1) is 5.06 Å². The predicted molar refractivity (Wildman–Crippen MR) is 105 cm³/mol. The summed E-state index contributed by atoms with van der Waals surface area (Å²) in [4.78, 5) is 21.2. The monoisotopic (exact) mass is 428 g/mol. The smallest absolute Gasteiger partial charge is 0.322 e. The predicted octanol–water partition coefficient (Wildman–Crippen LogP) is 3.21. The van der Waals surface area contributed by atoms with E-state index >= 15 is 0 Å². The fourth-order valence-corrected chi connectivity index (χ4v) is 3.64. The van der Waals surface area contributed by atoms with E-state index in [0.717, 1.165) is 30.4 Å². The number of hydrogen-bond donors (Lipinski definition) is 0. The normalized spacial score (nSPS) is 24.0. The number of nitrogens with zero attached hydrogens (tertiary/aromatic N) is 2. The number of pyridine rings is 1. The van der Waals surface area contributed by atoms with Crippen molar-refractivity contribution < 1.29 is 28.6 Å². The molecule has 0 aliphatic carbocycles. The third-order valence-electron chi connectivity index (χ3n) is 4.72. The van der Waals surface area contributed by atoms with Crippen molar-refractivity contribution in [3.05, 3.63) is 28.5 Å². The van der Waals surface area contributed by atoms with Crippen LogP contribution in [0.1, 0.15) is 51.2 Å². The molecular formula is C20H29ClN2O6. The Hall–Kier alpha value is -1.29. The highest BCUT2D eigenvalue weighted by molar-refractivity contribution is 6.31. The largest absolute Gasteiger partial charge is 0.368 e. The van der Waals surface area contributed by atoms with E-state index in [1.165, 1.54) is 6.92 Å². The van der Waals surface area contributed by atoms with Crippen LogP contribution in [0.25, 0.3) is 0 Å². The molecule has 0 saturated carbocycles. The van der Waals surface area contributed by atoms with Gasteiger partial charge < -0.3 is 23.8 Å². The Bertz CT molecular complexity index is 696. The van der Waals surface area contributed by atoms with Gasteiger partial charge >= 0.3 is 5.97 Å². The molecule has 0 bridgehead atoms. The molecule has 9 heteroatoms. The average molecular weight is 429 g/mol. The molecule has 3 rings (SSSR count). The third-order valence-corrected chi connectivity index (χ3v) is 5.05. The molecule has 0 aromatic carbocycles. The first-order valence-corrected chi connectivity index (χ1v) is 10.3. The molecule has 2 aliphatic rings. The Morgan fingerprint density at radius 2 is 2.21 bits per heavy atom. The molecule has 2 saturated heterocycles. The molecule has 0 radical (unpaired) electrons. The average Bonchev–Trinajstić information content (AvgIpc) is 3.00. The number of carbonyl (C=O) groups excluding carboxylic acids is 1. The minimum absolute atomic E-state index is 0.216. The highest BCUT2D eigenvalue weighted by Crippen LogP contribution is 2.26. The highest BCUT2D eigenvalue weighted by Gasteiger charge is 2.34. The summed E-state index contributed by atoms with van der Waals surface area (Å²) in [5, 5.41) is 2.05. The van der Waals surface area contributed by atoms with Crippen LogP contribution in [0.4, 0.5) is 0 Å². The molecule has 1 aromatic rings. The second-order valence-electron chi connectivity index (χ2n) is 7.72. The van der Waals surface area contributed by atoms with Gasteiger partial charge in [0.05, 0.1) is 31.3 Å². The number of carbonyl (C=O) groups is 1. The van der Waals surface area contributed by atoms with Crippen LogP contribution in [0.5, 0.6) is 0 Å². The quantitative estimate of drug-likeness (QED) is 0.584. The first-order valence-electron chi connectivity index (χ1n) is 9.92. The number of rotatable bonds is 8. The Balaban J connectivity index is 1.67. The van der Waals surface area contributed by atoms with Crippen LogP contribution in [0.3, 0.4) is 0 Å². The lowest BCUT2D eigenvalue weighted by molar-refractivity contribution is -0.201. The van der Waals surface area contributed by atoms with Crippen molar-refractivity contribution in [3.63, 3.8) is 0 Å². The lowest BCUT2D eigenvalue weighted by Crippen LogP contribution is -2.36. The summed E-state index contributed by atoms with van der Waals surface area (Å²) in [6.45, 7) is 7.17. The molecule has 0 amide bonds. The van der Waals surface area contributed by atoms with Crippen LogP contribution in [0, 0.1) is 0 Å². The maximum absolute atomic E-state index is 11.6. The van der Waals surface area contributed by atoms with Crippen molar-refractivity contribution >= 4 is 17.6 Å². The van der Waals surface area contributed by atoms with Crippen LogP contribution in [0.15, 0.2) is 12.4 Å². The van der Waals surface area contributed by atoms with E-state index in [9.17, 15) is 4.79 Å². The van der Waals surface area contributed by atoms with E-state index < -0.39 is 11.8 Å². The molecular weight excluding hydrogens is 400 g/mol. The zero-order valence-electron chi connectivity index (χ0n) is 17.2. The van der Waals surface area contributed by atoms with Crippen LogP contribution in [-0.4, -0.2) is 54.0 Å². The Kier molecular flexibility index (Phi) is 7.84. The molecule has 1 aromatic heterocycles. The number of aromatic nitrogens is 1. The van der Waals surface area contributed by atoms with Crippen molar-refractivity contribution in [2.45, 2.75) is 71.4 Å². The Morgan fingerprint density at radius 3 is 2.86 bits per heavy atom. The summed E-state index contributed by atoms with van der Waals surface area (Å²) in [6.07, 6.45) is 5.86. The molecule has 2 aliphatic heterocycles. The maximum Gasteiger partial charge on any atom is 0.322 e. The van der Waals surface area contributed by atoms with Gasteiger partial charge in [-0.1, -0.05) is 11.6 Å². The molecule has 0 spiro atoms. The van der Waals surface area contributed by atoms with Gasteiger partial charge in [-0.2, -0.15) is 0 Å². The molecule has 29 heavy (non-hydrogen) atoms. The van der Waals surface area contributed by atoms with E-state index in [2.05, 4.69) is 4.98 Å². The first-order chi connectivity index (χ1) is 13.8. The second kappa shape index (κ2) is 10.1. The molecule has 8 nitrogen and oxygen atoms in total.